The molecule has 10 nitrogen and oxygen atoms in total. The van der Waals surface area contributed by atoms with E-state index in [1.165, 1.54) is 30.7 Å². The Hall–Kier alpha value is -3.81. The second kappa shape index (κ2) is 10.4. The van der Waals surface area contributed by atoms with Crippen molar-refractivity contribution in [2.75, 3.05) is 0 Å². The van der Waals surface area contributed by atoms with Crippen molar-refractivity contribution < 1.29 is 26.0 Å². The number of aromatic nitrogens is 2. The Morgan fingerprint density at radius 1 is 1.10 bits per heavy atom. The van der Waals surface area contributed by atoms with Gasteiger partial charge in [-0.25, -0.2) is 31.1 Å². The Balaban J connectivity index is 2.10. The van der Waals surface area contributed by atoms with Gasteiger partial charge in [-0.15, -0.1) is 0 Å². The van der Waals surface area contributed by atoms with Gasteiger partial charge in [0.25, 0.3) is 11.5 Å². The van der Waals surface area contributed by atoms with Crippen LogP contribution in [-0.4, -0.2) is 37.5 Å². The fourth-order valence-corrected chi connectivity index (χ4v) is 5.38. The molecular weight excluding hydrogens is 547 g/mol. The first-order valence-corrected chi connectivity index (χ1v) is 15.0. The van der Waals surface area contributed by atoms with Crippen LogP contribution in [-0.2, 0) is 33.0 Å². The summed E-state index contributed by atoms with van der Waals surface area (Å²) in [6.07, 6.45) is 2.04. The van der Waals surface area contributed by atoms with Crippen LogP contribution in [0, 0.1) is 5.82 Å². The molecule has 4 rings (SSSR count). The third kappa shape index (κ3) is 5.51. The van der Waals surface area contributed by atoms with E-state index in [0.29, 0.717) is 17.3 Å². The maximum atomic E-state index is 15.0. The largest absolute Gasteiger partial charge is 0.331 e. The fraction of sp³-hybridized carbons (Fsp3) is 0.231. The number of nitrogens with zero attached hydrogens (tertiary/aromatic N) is 1. The quantitative estimate of drug-likeness (QED) is 0.293. The van der Waals surface area contributed by atoms with Gasteiger partial charge in [0.2, 0.25) is 20.0 Å². The highest BCUT2D eigenvalue weighted by molar-refractivity contribution is 7.90. The highest BCUT2D eigenvalue weighted by Gasteiger charge is 2.29. The third-order valence-electron chi connectivity index (χ3n) is 6.37. The van der Waals surface area contributed by atoms with E-state index in [1.54, 1.807) is 24.3 Å². The van der Waals surface area contributed by atoms with Gasteiger partial charge in [-0.1, -0.05) is 13.0 Å². The van der Waals surface area contributed by atoms with Gasteiger partial charge in [0.05, 0.1) is 16.7 Å². The van der Waals surface area contributed by atoms with E-state index in [4.69, 9.17) is 5.14 Å². The zero-order chi connectivity index (χ0) is 28.7. The van der Waals surface area contributed by atoms with Crippen molar-refractivity contribution in [2.24, 2.45) is 5.14 Å². The molecular formula is C26H27FN4O6S2. The second-order valence-electron chi connectivity index (χ2n) is 9.25. The Morgan fingerprint density at radius 3 is 2.44 bits per heavy atom. The van der Waals surface area contributed by atoms with Crippen LogP contribution in [0.25, 0.3) is 22.0 Å². The normalized spacial score (nSPS) is 12.3. The molecule has 4 aromatic rings. The first-order valence-electron chi connectivity index (χ1n) is 11.9. The number of carbonyl (C=O) groups is 1. The molecule has 206 valence electrons. The SMILES string of the molecule is CCc1ccc2c(c1)c(-c1ccc[nH]c1=O)c(C(=O)NS(=O)(=O)C(C)C)n2Cc1cc(S(N)(=O)=O)ccc1F. The van der Waals surface area contributed by atoms with Gasteiger partial charge in [0.1, 0.15) is 11.5 Å². The maximum Gasteiger partial charge on any atom is 0.282 e. The van der Waals surface area contributed by atoms with Crippen molar-refractivity contribution in [1.29, 1.82) is 0 Å². The fourth-order valence-electron chi connectivity index (χ4n) is 4.23. The number of benzene rings is 2. The lowest BCUT2D eigenvalue weighted by Gasteiger charge is -2.15. The molecule has 0 saturated heterocycles. The number of primary sulfonamides is 1. The topological polar surface area (TPSA) is 161 Å². The summed E-state index contributed by atoms with van der Waals surface area (Å²) in [6, 6.07) is 11.3. The first-order chi connectivity index (χ1) is 18.2. The zero-order valence-corrected chi connectivity index (χ0v) is 23.0. The van der Waals surface area contributed by atoms with Crippen LogP contribution < -0.4 is 15.4 Å². The van der Waals surface area contributed by atoms with E-state index in [2.05, 4.69) is 9.71 Å². The minimum Gasteiger partial charge on any atom is -0.331 e. The summed E-state index contributed by atoms with van der Waals surface area (Å²) in [4.78, 5) is 28.8. The molecule has 0 aliphatic heterocycles. The van der Waals surface area contributed by atoms with Crippen LogP contribution in [0.3, 0.4) is 0 Å². The molecule has 2 aromatic carbocycles. The maximum absolute atomic E-state index is 15.0. The van der Waals surface area contributed by atoms with Crippen molar-refractivity contribution in [3.63, 3.8) is 0 Å². The molecule has 0 aliphatic rings. The van der Waals surface area contributed by atoms with Crippen LogP contribution in [0.4, 0.5) is 4.39 Å². The van der Waals surface area contributed by atoms with Gasteiger partial charge < -0.3 is 9.55 Å². The minimum atomic E-state index is -4.17. The lowest BCUT2D eigenvalue weighted by Crippen LogP contribution is -2.37. The monoisotopic (exact) mass is 574 g/mol. The summed E-state index contributed by atoms with van der Waals surface area (Å²) in [5, 5.41) is 4.75. The number of fused-ring (bicyclic) bond motifs is 1. The zero-order valence-electron chi connectivity index (χ0n) is 21.4. The molecule has 0 atom stereocenters. The molecule has 1 amide bonds. The average Bonchev–Trinajstić information content (AvgIpc) is 3.17. The van der Waals surface area contributed by atoms with Gasteiger partial charge in [0.15, 0.2) is 0 Å². The number of sulfonamides is 2. The highest BCUT2D eigenvalue weighted by Crippen LogP contribution is 2.35. The van der Waals surface area contributed by atoms with E-state index in [-0.39, 0.29) is 33.8 Å². The number of pyridine rings is 1. The molecule has 0 fully saturated rings. The van der Waals surface area contributed by atoms with Crippen LogP contribution in [0.5, 0.6) is 0 Å². The number of halogens is 1. The molecule has 2 heterocycles. The van der Waals surface area contributed by atoms with Gasteiger partial charge in [0, 0.05) is 33.8 Å². The number of H-pyrrole nitrogens is 1. The summed E-state index contributed by atoms with van der Waals surface area (Å²) >= 11 is 0. The number of aromatic amines is 1. The van der Waals surface area contributed by atoms with Crippen molar-refractivity contribution in [2.45, 2.75) is 43.9 Å². The van der Waals surface area contributed by atoms with Gasteiger partial charge in [-0.05, 0) is 68.3 Å². The molecule has 2 aromatic heterocycles. The van der Waals surface area contributed by atoms with Crippen molar-refractivity contribution >= 4 is 36.9 Å². The van der Waals surface area contributed by atoms with Crippen molar-refractivity contribution in [3.8, 4) is 11.1 Å². The van der Waals surface area contributed by atoms with Crippen molar-refractivity contribution in [3.05, 3.63) is 87.7 Å². The molecule has 0 unspecified atom stereocenters. The number of nitrogens with two attached hydrogens (primary N) is 1. The van der Waals surface area contributed by atoms with Gasteiger partial charge in [-0.2, -0.15) is 0 Å². The predicted molar refractivity (Wildman–Crippen MR) is 146 cm³/mol. The number of nitrogens with one attached hydrogen (secondary N) is 2. The predicted octanol–water partition coefficient (Wildman–Crippen LogP) is 2.86. The molecule has 0 aliphatic carbocycles. The van der Waals surface area contributed by atoms with E-state index in [1.807, 2.05) is 6.92 Å². The highest BCUT2D eigenvalue weighted by atomic mass is 32.2. The molecule has 0 bridgehead atoms. The first kappa shape index (κ1) is 28.2. The standard InChI is InChI=1S/C26H27FN4O6S2/c1-4-16-7-10-22-20(12-16)23(19-6-5-11-29-25(19)32)24(26(33)30-39(36,37)15(2)3)31(22)14-17-13-18(38(28,34)35)8-9-21(17)27/h5-13,15H,4,14H2,1-3H3,(H,29,32)(H,30,33)(H2,28,34,35). The minimum absolute atomic E-state index is 0.0976. The smallest absolute Gasteiger partial charge is 0.282 e. The lowest BCUT2D eigenvalue weighted by molar-refractivity contribution is 0.0973. The number of hydrogen-bond acceptors (Lipinski definition) is 6. The Kier molecular flexibility index (Phi) is 7.52. The van der Waals surface area contributed by atoms with E-state index in [0.717, 1.165) is 23.8 Å². The van der Waals surface area contributed by atoms with E-state index < -0.39 is 42.6 Å². The number of carbonyl (C=O) groups excluding carboxylic acids is 1. The molecule has 0 spiro atoms. The van der Waals surface area contributed by atoms with Crippen LogP contribution in [0.15, 0.2) is 64.4 Å². The second-order valence-corrected chi connectivity index (χ2v) is 13.0. The lowest BCUT2D eigenvalue weighted by atomic mass is 10.0. The number of rotatable bonds is 8. The van der Waals surface area contributed by atoms with Gasteiger partial charge >= 0.3 is 0 Å². The van der Waals surface area contributed by atoms with Crippen LogP contribution >= 0.6 is 0 Å². The molecule has 39 heavy (non-hydrogen) atoms. The Morgan fingerprint density at radius 2 is 1.82 bits per heavy atom. The van der Waals surface area contributed by atoms with E-state index >= 15 is 0 Å². The molecule has 4 N–H and O–H groups in total. The summed E-state index contributed by atoms with van der Waals surface area (Å²) in [6.45, 7) is 4.35. The van der Waals surface area contributed by atoms with E-state index in [9.17, 15) is 30.8 Å². The molecule has 0 saturated carbocycles. The Labute approximate surface area is 224 Å². The molecule has 0 radical (unpaired) electrons. The summed E-state index contributed by atoms with van der Waals surface area (Å²) in [7, 11) is -8.27. The summed E-state index contributed by atoms with van der Waals surface area (Å²) < 4.78 is 67.6. The Bertz CT molecular complexity index is 1880. The number of aryl methyl sites for hydroxylation is 1. The summed E-state index contributed by atoms with van der Waals surface area (Å²) in [5.41, 5.74) is 0.672. The van der Waals surface area contributed by atoms with Gasteiger partial charge in [-0.3, -0.25) is 9.59 Å². The molecule has 13 heteroatoms. The summed E-state index contributed by atoms with van der Waals surface area (Å²) in [5.74, 6) is -1.80. The van der Waals surface area contributed by atoms with Crippen LogP contribution in [0.1, 0.15) is 42.4 Å². The number of hydrogen-bond donors (Lipinski definition) is 3. The number of amides is 1. The van der Waals surface area contributed by atoms with Crippen LogP contribution in [0.2, 0.25) is 0 Å². The average molecular weight is 575 g/mol. The third-order valence-corrected chi connectivity index (χ3v) is 8.99. The van der Waals surface area contributed by atoms with Crippen molar-refractivity contribution in [1.82, 2.24) is 14.3 Å².